The largest absolute Gasteiger partial charge is 0.351 e. The molecule has 5 nitrogen and oxygen atoms in total. The molecule has 5 rings (SSSR count). The molecule has 0 amide bonds. The predicted octanol–water partition coefficient (Wildman–Crippen LogP) is 6.36. The van der Waals surface area contributed by atoms with Crippen LogP contribution in [0.2, 0.25) is 0 Å². The van der Waals surface area contributed by atoms with E-state index in [2.05, 4.69) is 36.5 Å². The van der Waals surface area contributed by atoms with Crippen molar-refractivity contribution >= 4 is 28.6 Å². The molecule has 1 atom stereocenters. The summed E-state index contributed by atoms with van der Waals surface area (Å²) in [6.45, 7) is 6.14. The summed E-state index contributed by atoms with van der Waals surface area (Å²) < 4.78 is 19.4. The van der Waals surface area contributed by atoms with Crippen LogP contribution in [0.3, 0.4) is 0 Å². The first-order chi connectivity index (χ1) is 16.4. The molecule has 1 aliphatic heterocycles. The van der Waals surface area contributed by atoms with Crippen LogP contribution < -0.4 is 10.2 Å². The standard InChI is InChI=1S/C27H23FN4OS/c1-16-9-14-22(15-17(16)2)32-18(3)23(24(29-27(32)34)19-10-12-21(28)13-11-19)26-30-25(31-33-26)20-7-5-4-6-8-20/h4-15,24H,1-3H3,(H,29,34). The Kier molecular flexibility index (Phi) is 5.71. The quantitative estimate of drug-likeness (QED) is 0.350. The maximum absolute atomic E-state index is 13.7. The Morgan fingerprint density at radius 1 is 0.941 bits per heavy atom. The van der Waals surface area contributed by atoms with Crippen molar-refractivity contribution < 1.29 is 8.91 Å². The van der Waals surface area contributed by atoms with Crippen molar-refractivity contribution in [3.05, 3.63) is 107 Å². The van der Waals surface area contributed by atoms with E-state index in [9.17, 15) is 4.39 Å². The van der Waals surface area contributed by atoms with Crippen molar-refractivity contribution in [2.75, 3.05) is 4.90 Å². The second-order valence-electron chi connectivity index (χ2n) is 8.33. The number of hydrogen-bond acceptors (Lipinski definition) is 4. The average Bonchev–Trinajstić information content (AvgIpc) is 3.32. The number of rotatable bonds is 4. The number of nitrogens with one attached hydrogen (secondary N) is 1. The molecule has 3 aromatic carbocycles. The highest BCUT2D eigenvalue weighted by Crippen LogP contribution is 2.39. The molecule has 0 fully saturated rings. The van der Waals surface area contributed by atoms with Crippen LogP contribution in [0, 0.1) is 19.7 Å². The molecule has 1 aliphatic rings. The molecule has 1 N–H and O–H groups in total. The second-order valence-corrected chi connectivity index (χ2v) is 8.71. The third-order valence-corrected chi connectivity index (χ3v) is 6.43. The lowest BCUT2D eigenvalue weighted by Crippen LogP contribution is -2.46. The number of halogens is 1. The van der Waals surface area contributed by atoms with E-state index < -0.39 is 0 Å². The van der Waals surface area contributed by atoms with Crippen LogP contribution in [-0.2, 0) is 0 Å². The Balaban J connectivity index is 1.66. The summed E-state index contributed by atoms with van der Waals surface area (Å²) in [5.41, 5.74) is 6.67. The first-order valence-corrected chi connectivity index (χ1v) is 11.4. The topological polar surface area (TPSA) is 54.2 Å². The molecular weight excluding hydrogens is 447 g/mol. The van der Waals surface area contributed by atoms with Gasteiger partial charge in [-0.3, -0.25) is 4.90 Å². The summed E-state index contributed by atoms with van der Waals surface area (Å²) in [6, 6.07) is 21.9. The summed E-state index contributed by atoms with van der Waals surface area (Å²) in [5.74, 6) is 0.583. The van der Waals surface area contributed by atoms with E-state index in [-0.39, 0.29) is 11.9 Å². The fraction of sp³-hybridized carbons (Fsp3) is 0.148. The highest BCUT2D eigenvalue weighted by atomic mass is 32.1. The van der Waals surface area contributed by atoms with Crippen LogP contribution in [0.25, 0.3) is 17.0 Å². The van der Waals surface area contributed by atoms with Gasteiger partial charge in [-0.1, -0.05) is 53.7 Å². The highest BCUT2D eigenvalue weighted by Gasteiger charge is 2.34. The molecule has 0 spiro atoms. The normalized spacial score (nSPS) is 16.1. The van der Waals surface area contributed by atoms with Gasteiger partial charge in [0.25, 0.3) is 5.89 Å². The van der Waals surface area contributed by atoms with E-state index in [1.54, 1.807) is 12.1 Å². The van der Waals surface area contributed by atoms with Gasteiger partial charge in [0, 0.05) is 16.9 Å². The second kappa shape index (κ2) is 8.83. The number of thiocarbonyl (C=S) groups is 1. The van der Waals surface area contributed by atoms with Gasteiger partial charge in [0.1, 0.15) is 5.82 Å². The van der Waals surface area contributed by atoms with Crippen molar-refractivity contribution in [2.24, 2.45) is 0 Å². The molecule has 4 aromatic rings. The van der Waals surface area contributed by atoms with Crippen LogP contribution in [-0.4, -0.2) is 15.3 Å². The molecule has 34 heavy (non-hydrogen) atoms. The van der Waals surface area contributed by atoms with Crippen LogP contribution in [0.15, 0.2) is 83.0 Å². The lowest BCUT2D eigenvalue weighted by Gasteiger charge is -2.37. The maximum atomic E-state index is 13.7. The number of aromatic nitrogens is 2. The molecular formula is C27H23FN4OS. The first kappa shape index (κ1) is 22.0. The maximum Gasteiger partial charge on any atom is 0.258 e. The van der Waals surface area contributed by atoms with Crippen LogP contribution in [0.4, 0.5) is 10.1 Å². The van der Waals surface area contributed by atoms with Gasteiger partial charge in [-0.2, -0.15) is 4.98 Å². The zero-order valence-electron chi connectivity index (χ0n) is 19.0. The van der Waals surface area contributed by atoms with E-state index in [4.69, 9.17) is 21.7 Å². The first-order valence-electron chi connectivity index (χ1n) is 11.0. The van der Waals surface area contributed by atoms with E-state index in [1.807, 2.05) is 48.2 Å². The average molecular weight is 471 g/mol. The van der Waals surface area contributed by atoms with Gasteiger partial charge in [-0.05, 0) is 73.9 Å². The Morgan fingerprint density at radius 2 is 1.68 bits per heavy atom. The van der Waals surface area contributed by atoms with Crippen LogP contribution >= 0.6 is 12.2 Å². The zero-order valence-corrected chi connectivity index (χ0v) is 19.9. The Bertz CT molecular complexity index is 1400. The Hall–Kier alpha value is -3.84. The van der Waals surface area contributed by atoms with Crippen molar-refractivity contribution in [3.63, 3.8) is 0 Å². The van der Waals surface area contributed by atoms with Gasteiger partial charge in [-0.15, -0.1) is 0 Å². The van der Waals surface area contributed by atoms with Crippen molar-refractivity contribution in [3.8, 4) is 11.4 Å². The van der Waals surface area contributed by atoms with E-state index >= 15 is 0 Å². The van der Waals surface area contributed by atoms with Crippen molar-refractivity contribution in [1.29, 1.82) is 0 Å². The molecule has 0 saturated heterocycles. The minimum absolute atomic E-state index is 0.301. The third-order valence-electron chi connectivity index (χ3n) is 6.13. The van der Waals surface area contributed by atoms with Crippen molar-refractivity contribution in [1.82, 2.24) is 15.5 Å². The molecule has 2 heterocycles. The molecule has 1 unspecified atom stereocenters. The summed E-state index contributed by atoms with van der Waals surface area (Å²) >= 11 is 5.79. The minimum atomic E-state index is -0.375. The van der Waals surface area contributed by atoms with E-state index in [0.29, 0.717) is 16.8 Å². The van der Waals surface area contributed by atoms with E-state index in [1.165, 1.54) is 23.3 Å². The summed E-state index contributed by atoms with van der Waals surface area (Å²) in [4.78, 5) is 6.69. The lowest BCUT2D eigenvalue weighted by molar-refractivity contribution is 0.404. The SMILES string of the molecule is CC1=C(c2nc(-c3ccccc3)no2)C(c2ccc(F)cc2)NC(=S)N1c1ccc(C)c(C)c1. The minimum Gasteiger partial charge on any atom is -0.351 e. The molecule has 0 aliphatic carbocycles. The van der Waals surface area contributed by atoms with Gasteiger partial charge < -0.3 is 9.84 Å². The van der Waals surface area contributed by atoms with Crippen LogP contribution in [0.1, 0.15) is 35.5 Å². The molecule has 0 saturated carbocycles. The number of nitrogens with zero attached hydrogens (tertiary/aromatic N) is 3. The van der Waals surface area contributed by atoms with Gasteiger partial charge in [0.2, 0.25) is 5.82 Å². The molecule has 170 valence electrons. The highest BCUT2D eigenvalue weighted by molar-refractivity contribution is 7.80. The number of hydrogen-bond donors (Lipinski definition) is 1. The van der Waals surface area contributed by atoms with E-state index in [0.717, 1.165) is 28.1 Å². The van der Waals surface area contributed by atoms with Gasteiger partial charge in [0.15, 0.2) is 5.11 Å². The summed E-state index contributed by atoms with van der Waals surface area (Å²) in [7, 11) is 0. The number of benzene rings is 3. The summed E-state index contributed by atoms with van der Waals surface area (Å²) in [5, 5.41) is 8.18. The predicted molar refractivity (Wildman–Crippen MR) is 136 cm³/mol. The Morgan fingerprint density at radius 3 is 2.38 bits per heavy atom. The fourth-order valence-electron chi connectivity index (χ4n) is 4.14. The smallest absolute Gasteiger partial charge is 0.258 e. The number of aryl methyl sites for hydroxylation is 2. The molecule has 1 aromatic heterocycles. The number of anilines is 1. The van der Waals surface area contributed by atoms with Gasteiger partial charge >= 0.3 is 0 Å². The third kappa shape index (κ3) is 3.99. The van der Waals surface area contributed by atoms with Gasteiger partial charge in [0.05, 0.1) is 11.6 Å². The zero-order chi connectivity index (χ0) is 23.8. The van der Waals surface area contributed by atoms with Crippen molar-refractivity contribution in [2.45, 2.75) is 26.8 Å². The number of allylic oxidation sites excluding steroid dienone is 1. The molecule has 0 bridgehead atoms. The fourth-order valence-corrected chi connectivity index (χ4v) is 4.50. The summed E-state index contributed by atoms with van der Waals surface area (Å²) in [6.07, 6.45) is 0. The monoisotopic (exact) mass is 470 g/mol. The lowest BCUT2D eigenvalue weighted by atomic mass is 9.94. The Labute approximate surface area is 202 Å². The molecule has 0 radical (unpaired) electrons. The molecule has 7 heteroatoms. The van der Waals surface area contributed by atoms with Gasteiger partial charge in [-0.25, -0.2) is 4.39 Å². The van der Waals surface area contributed by atoms with Crippen LogP contribution in [0.5, 0.6) is 0 Å².